The molecule has 0 aliphatic rings. The van der Waals surface area contributed by atoms with E-state index in [1.54, 1.807) is 12.4 Å². The van der Waals surface area contributed by atoms with Gasteiger partial charge in [-0.2, -0.15) is 0 Å². The topological polar surface area (TPSA) is 51.0 Å². The quantitative estimate of drug-likeness (QED) is 0.786. The minimum Gasteiger partial charge on any atom is -0.444 e. The Hall–Kier alpha value is -2.07. The van der Waals surface area contributed by atoms with Gasteiger partial charge in [0.25, 0.3) is 0 Å². The van der Waals surface area contributed by atoms with Gasteiger partial charge in [-0.05, 0) is 24.3 Å². The van der Waals surface area contributed by atoms with Gasteiger partial charge in [0.15, 0.2) is 0 Å². The van der Waals surface area contributed by atoms with Crippen LogP contribution in [0.5, 0.6) is 0 Å². The van der Waals surface area contributed by atoms with E-state index in [-0.39, 0.29) is 0 Å². The molecule has 2 heterocycles. The second-order valence-electron chi connectivity index (χ2n) is 4.45. The fourth-order valence-electron chi connectivity index (χ4n) is 2.04. The number of aromatic nitrogens is 2. The van der Waals surface area contributed by atoms with Gasteiger partial charge in [0.2, 0.25) is 5.89 Å². The highest BCUT2D eigenvalue weighted by Crippen LogP contribution is 2.24. The molecule has 1 N–H and O–H groups in total. The zero-order chi connectivity index (χ0) is 13.9. The van der Waals surface area contributed by atoms with E-state index in [1.807, 2.05) is 31.2 Å². The zero-order valence-electron chi connectivity index (χ0n) is 11.1. The van der Waals surface area contributed by atoms with Crippen molar-refractivity contribution in [1.82, 2.24) is 9.97 Å². The third-order valence-corrected chi connectivity index (χ3v) is 3.32. The number of oxazole rings is 1. The Labute approximate surface area is 121 Å². The van der Waals surface area contributed by atoms with Gasteiger partial charge in [0.05, 0.1) is 18.3 Å². The van der Waals surface area contributed by atoms with Crippen molar-refractivity contribution in [2.24, 2.45) is 0 Å². The van der Waals surface area contributed by atoms with Crippen molar-refractivity contribution in [3.63, 3.8) is 0 Å². The van der Waals surface area contributed by atoms with E-state index in [1.165, 1.54) is 0 Å². The predicted molar refractivity (Wildman–Crippen MR) is 80.0 cm³/mol. The van der Waals surface area contributed by atoms with E-state index >= 15 is 0 Å². The molecule has 3 aromatic rings. The van der Waals surface area contributed by atoms with Crippen molar-refractivity contribution in [3.8, 4) is 0 Å². The van der Waals surface area contributed by atoms with Crippen LogP contribution in [0, 0.1) is 0 Å². The third-order valence-electron chi connectivity index (χ3n) is 3.08. The average molecular weight is 288 g/mol. The summed E-state index contributed by atoms with van der Waals surface area (Å²) in [7, 11) is 0. The molecule has 0 aliphatic heterocycles. The van der Waals surface area contributed by atoms with Crippen molar-refractivity contribution < 1.29 is 4.42 Å². The molecule has 0 bridgehead atoms. The van der Waals surface area contributed by atoms with Crippen molar-refractivity contribution in [2.75, 3.05) is 5.32 Å². The number of halogens is 1. The van der Waals surface area contributed by atoms with Crippen LogP contribution in [0.3, 0.4) is 0 Å². The molecule has 102 valence electrons. The molecule has 0 amide bonds. The van der Waals surface area contributed by atoms with Gasteiger partial charge in [-0.25, -0.2) is 4.98 Å². The van der Waals surface area contributed by atoms with E-state index in [4.69, 9.17) is 16.0 Å². The Morgan fingerprint density at radius 3 is 2.95 bits per heavy atom. The standard InChI is InChI=1S/C15H14ClN3O/c1-2-11-8-19-15(20-11)9-18-13-5-6-17-14-7-10(16)3-4-12(13)14/h3-8H,2,9H2,1H3,(H,17,18). The lowest BCUT2D eigenvalue weighted by molar-refractivity contribution is 0.466. The number of fused-ring (bicyclic) bond motifs is 1. The van der Waals surface area contributed by atoms with E-state index < -0.39 is 0 Å². The molecule has 1 aromatic carbocycles. The number of anilines is 1. The first-order valence-electron chi connectivity index (χ1n) is 6.48. The van der Waals surface area contributed by atoms with Crippen LogP contribution in [0.4, 0.5) is 5.69 Å². The number of nitrogens with one attached hydrogen (secondary N) is 1. The van der Waals surface area contributed by atoms with Crippen LogP contribution in [-0.2, 0) is 13.0 Å². The summed E-state index contributed by atoms with van der Waals surface area (Å²) in [6.07, 6.45) is 4.37. The fraction of sp³-hybridized carbons (Fsp3) is 0.200. The molecule has 0 aliphatic carbocycles. The summed E-state index contributed by atoms with van der Waals surface area (Å²) in [6.45, 7) is 2.58. The summed E-state index contributed by atoms with van der Waals surface area (Å²) in [5, 5.41) is 5.03. The highest BCUT2D eigenvalue weighted by atomic mass is 35.5. The predicted octanol–water partition coefficient (Wildman–Crippen LogP) is 4.05. The molecule has 0 fully saturated rings. The minimum atomic E-state index is 0.543. The maximum Gasteiger partial charge on any atom is 0.213 e. The van der Waals surface area contributed by atoms with Crippen LogP contribution >= 0.6 is 11.6 Å². The molecule has 0 unspecified atom stereocenters. The first kappa shape index (κ1) is 12.9. The fourth-order valence-corrected chi connectivity index (χ4v) is 2.21. The monoisotopic (exact) mass is 287 g/mol. The second kappa shape index (κ2) is 5.51. The van der Waals surface area contributed by atoms with Gasteiger partial charge in [-0.15, -0.1) is 0 Å². The molecule has 0 radical (unpaired) electrons. The SMILES string of the molecule is CCc1cnc(CNc2ccnc3cc(Cl)ccc23)o1. The third kappa shape index (κ3) is 2.60. The van der Waals surface area contributed by atoms with Crippen LogP contribution in [0.2, 0.25) is 5.02 Å². The van der Waals surface area contributed by atoms with Crippen LogP contribution in [-0.4, -0.2) is 9.97 Å². The molecule has 20 heavy (non-hydrogen) atoms. The molecule has 3 rings (SSSR count). The lowest BCUT2D eigenvalue weighted by Crippen LogP contribution is -2.00. The smallest absolute Gasteiger partial charge is 0.213 e. The molecule has 4 nitrogen and oxygen atoms in total. The second-order valence-corrected chi connectivity index (χ2v) is 4.88. The average Bonchev–Trinajstić information content (AvgIpc) is 2.92. The number of nitrogens with zero attached hydrogens (tertiary/aromatic N) is 2. The van der Waals surface area contributed by atoms with Crippen LogP contribution < -0.4 is 5.32 Å². The minimum absolute atomic E-state index is 0.543. The molecule has 5 heteroatoms. The van der Waals surface area contributed by atoms with Crippen molar-refractivity contribution in [3.05, 3.63) is 53.3 Å². The maximum absolute atomic E-state index is 5.98. The highest BCUT2D eigenvalue weighted by Gasteiger charge is 2.05. The summed E-state index contributed by atoms with van der Waals surface area (Å²) in [5.74, 6) is 1.58. The van der Waals surface area contributed by atoms with Crippen LogP contribution in [0.15, 0.2) is 41.1 Å². The molecule has 2 aromatic heterocycles. The Morgan fingerprint density at radius 2 is 2.15 bits per heavy atom. The van der Waals surface area contributed by atoms with Crippen LogP contribution in [0.25, 0.3) is 10.9 Å². The molecule has 0 saturated carbocycles. The zero-order valence-corrected chi connectivity index (χ0v) is 11.8. The number of hydrogen-bond donors (Lipinski definition) is 1. The highest BCUT2D eigenvalue weighted by molar-refractivity contribution is 6.31. The van der Waals surface area contributed by atoms with E-state index in [0.29, 0.717) is 17.5 Å². The van der Waals surface area contributed by atoms with Gasteiger partial charge in [0, 0.05) is 28.7 Å². The number of benzene rings is 1. The Bertz CT molecular complexity index is 739. The molecule has 0 spiro atoms. The molecule has 0 atom stereocenters. The van der Waals surface area contributed by atoms with Crippen LogP contribution in [0.1, 0.15) is 18.6 Å². The first-order valence-corrected chi connectivity index (χ1v) is 6.86. The van der Waals surface area contributed by atoms with Crippen molar-refractivity contribution in [2.45, 2.75) is 19.9 Å². The van der Waals surface area contributed by atoms with Gasteiger partial charge >= 0.3 is 0 Å². The summed E-state index contributed by atoms with van der Waals surface area (Å²) >= 11 is 5.98. The molecular formula is C15H14ClN3O. The largest absolute Gasteiger partial charge is 0.444 e. The number of aryl methyl sites for hydroxylation is 1. The summed E-state index contributed by atoms with van der Waals surface area (Å²) < 4.78 is 5.58. The van der Waals surface area contributed by atoms with E-state index in [9.17, 15) is 0 Å². The summed E-state index contributed by atoms with van der Waals surface area (Å²) in [5.41, 5.74) is 1.85. The maximum atomic E-state index is 5.98. The number of hydrogen-bond acceptors (Lipinski definition) is 4. The lowest BCUT2D eigenvalue weighted by atomic mass is 10.2. The van der Waals surface area contributed by atoms with Gasteiger partial charge in [-0.1, -0.05) is 18.5 Å². The first-order chi connectivity index (χ1) is 9.76. The number of pyridine rings is 1. The van der Waals surface area contributed by atoms with Gasteiger partial charge < -0.3 is 9.73 Å². The Morgan fingerprint density at radius 1 is 1.25 bits per heavy atom. The Kier molecular flexibility index (Phi) is 3.56. The molecule has 0 saturated heterocycles. The number of rotatable bonds is 4. The normalized spacial score (nSPS) is 10.9. The molecular weight excluding hydrogens is 274 g/mol. The summed E-state index contributed by atoms with van der Waals surface area (Å²) in [4.78, 5) is 8.54. The lowest BCUT2D eigenvalue weighted by Gasteiger charge is -2.07. The summed E-state index contributed by atoms with van der Waals surface area (Å²) in [6, 6.07) is 7.60. The van der Waals surface area contributed by atoms with Crippen molar-refractivity contribution in [1.29, 1.82) is 0 Å². The van der Waals surface area contributed by atoms with E-state index in [2.05, 4.69) is 15.3 Å². The van der Waals surface area contributed by atoms with Gasteiger partial charge in [-0.3, -0.25) is 4.98 Å². The van der Waals surface area contributed by atoms with Crippen molar-refractivity contribution >= 4 is 28.2 Å². The Balaban J connectivity index is 1.83. The van der Waals surface area contributed by atoms with Gasteiger partial charge in [0.1, 0.15) is 5.76 Å². The van der Waals surface area contributed by atoms with E-state index in [0.717, 1.165) is 28.8 Å².